The molecule has 0 atom stereocenters. The van der Waals surface area contributed by atoms with Crippen molar-refractivity contribution in [2.45, 2.75) is 6.92 Å². The highest BCUT2D eigenvalue weighted by Crippen LogP contribution is 2.23. The number of rotatable bonds is 3. The molecule has 0 unspecified atom stereocenters. The molecule has 2 rings (SSSR count). The minimum Gasteiger partial charge on any atom is -0.339 e. The van der Waals surface area contributed by atoms with Crippen molar-refractivity contribution in [1.82, 2.24) is 9.97 Å². The Bertz CT molecular complexity index is 575. The van der Waals surface area contributed by atoms with E-state index in [9.17, 15) is 4.39 Å². The number of nitrogens with zero attached hydrogens (tertiary/aromatic N) is 2. The maximum Gasteiger partial charge on any atom is 0.239 e. The van der Waals surface area contributed by atoms with Gasteiger partial charge in [-0.05, 0) is 47.7 Å². The van der Waals surface area contributed by atoms with Gasteiger partial charge in [-0.2, -0.15) is 4.98 Å². The zero-order valence-corrected chi connectivity index (χ0v) is 11.7. The lowest BCUT2D eigenvalue weighted by Crippen LogP contribution is -2.12. The number of nitrogens with two attached hydrogens (primary N) is 1. The molecule has 5 nitrogen and oxygen atoms in total. The van der Waals surface area contributed by atoms with Gasteiger partial charge in [0.25, 0.3) is 0 Å². The van der Waals surface area contributed by atoms with Gasteiger partial charge in [-0.3, -0.25) is 5.43 Å². The summed E-state index contributed by atoms with van der Waals surface area (Å²) in [5.41, 5.74) is 3.95. The maximum absolute atomic E-state index is 13.0. The van der Waals surface area contributed by atoms with Crippen LogP contribution in [0.25, 0.3) is 0 Å². The second-order valence-corrected chi connectivity index (χ2v) is 4.77. The van der Waals surface area contributed by atoms with E-state index in [1.807, 2.05) is 6.92 Å². The number of hydrazine groups is 1. The van der Waals surface area contributed by atoms with Crippen molar-refractivity contribution in [1.29, 1.82) is 0 Å². The van der Waals surface area contributed by atoms with Gasteiger partial charge in [-0.15, -0.1) is 0 Å². The summed E-state index contributed by atoms with van der Waals surface area (Å²) in [7, 11) is 0. The number of anilines is 3. The summed E-state index contributed by atoms with van der Waals surface area (Å²) in [6.45, 7) is 1.84. The summed E-state index contributed by atoms with van der Waals surface area (Å²) >= 11 is 2.05. The van der Waals surface area contributed by atoms with Crippen molar-refractivity contribution in [2.75, 3.05) is 10.7 Å². The molecule has 0 amide bonds. The van der Waals surface area contributed by atoms with Crippen molar-refractivity contribution in [3.8, 4) is 0 Å². The monoisotopic (exact) mass is 359 g/mol. The van der Waals surface area contributed by atoms with Crippen LogP contribution >= 0.6 is 22.6 Å². The van der Waals surface area contributed by atoms with Crippen LogP contribution in [0.5, 0.6) is 0 Å². The molecule has 0 aliphatic heterocycles. The lowest BCUT2D eigenvalue weighted by atomic mass is 10.3. The fourth-order valence-corrected chi connectivity index (χ4v) is 2.04. The third-order valence-electron chi connectivity index (χ3n) is 2.18. The Morgan fingerprint density at radius 3 is 2.72 bits per heavy atom. The van der Waals surface area contributed by atoms with Crippen LogP contribution in [0.3, 0.4) is 0 Å². The summed E-state index contributed by atoms with van der Waals surface area (Å²) in [4.78, 5) is 8.24. The van der Waals surface area contributed by atoms with Crippen molar-refractivity contribution in [2.24, 2.45) is 5.84 Å². The Kier molecular flexibility index (Phi) is 3.92. The highest BCUT2D eigenvalue weighted by molar-refractivity contribution is 14.1. The van der Waals surface area contributed by atoms with Gasteiger partial charge in [0.15, 0.2) is 0 Å². The first-order chi connectivity index (χ1) is 8.58. The lowest BCUT2D eigenvalue weighted by molar-refractivity contribution is 0.627. The highest BCUT2D eigenvalue weighted by Gasteiger charge is 2.05. The van der Waals surface area contributed by atoms with Gasteiger partial charge in [0.2, 0.25) is 5.95 Å². The fourth-order valence-electron chi connectivity index (χ4n) is 1.43. The standard InChI is InChI=1S/C11H11FIN5/c1-6-4-10(17-11(15-6)18-14)16-9-3-2-7(12)5-8(9)13/h2-5H,14H2,1H3,(H2,15,16,17,18). The molecule has 0 spiro atoms. The smallest absolute Gasteiger partial charge is 0.239 e. The molecule has 0 aliphatic rings. The molecule has 0 fully saturated rings. The maximum atomic E-state index is 13.0. The molecule has 7 heteroatoms. The molecule has 1 aromatic carbocycles. The van der Waals surface area contributed by atoms with E-state index in [0.717, 1.165) is 15.0 Å². The molecule has 0 radical (unpaired) electrons. The number of hydrogen-bond donors (Lipinski definition) is 3. The molecular weight excluding hydrogens is 348 g/mol. The summed E-state index contributed by atoms with van der Waals surface area (Å²) in [5, 5.41) is 3.09. The van der Waals surface area contributed by atoms with E-state index in [-0.39, 0.29) is 5.82 Å². The molecule has 94 valence electrons. The summed E-state index contributed by atoms with van der Waals surface area (Å²) < 4.78 is 13.8. The third-order valence-corrected chi connectivity index (χ3v) is 3.07. The molecule has 0 bridgehead atoms. The van der Waals surface area contributed by atoms with Crippen LogP contribution in [0.4, 0.5) is 21.8 Å². The van der Waals surface area contributed by atoms with Gasteiger partial charge in [-0.25, -0.2) is 15.2 Å². The predicted molar refractivity (Wildman–Crippen MR) is 77.0 cm³/mol. The van der Waals surface area contributed by atoms with Gasteiger partial charge < -0.3 is 5.32 Å². The lowest BCUT2D eigenvalue weighted by Gasteiger charge is -2.09. The first-order valence-corrected chi connectivity index (χ1v) is 6.21. The van der Waals surface area contributed by atoms with E-state index in [1.165, 1.54) is 12.1 Å². The van der Waals surface area contributed by atoms with Crippen LogP contribution in [0, 0.1) is 16.3 Å². The Balaban J connectivity index is 2.30. The molecular formula is C11H11FIN5. The number of hydrogen-bond acceptors (Lipinski definition) is 5. The Hall–Kier alpha value is -1.48. The summed E-state index contributed by atoms with van der Waals surface area (Å²) in [6, 6.07) is 6.27. The topological polar surface area (TPSA) is 75.9 Å². The molecule has 4 N–H and O–H groups in total. The zero-order chi connectivity index (χ0) is 13.1. The van der Waals surface area contributed by atoms with Crippen LogP contribution in [0.2, 0.25) is 0 Å². The molecule has 18 heavy (non-hydrogen) atoms. The van der Waals surface area contributed by atoms with E-state index in [2.05, 4.69) is 43.3 Å². The van der Waals surface area contributed by atoms with Crippen LogP contribution in [-0.2, 0) is 0 Å². The van der Waals surface area contributed by atoms with Crippen LogP contribution < -0.4 is 16.6 Å². The van der Waals surface area contributed by atoms with Crippen LogP contribution in [0.1, 0.15) is 5.69 Å². The summed E-state index contributed by atoms with van der Waals surface area (Å²) in [6.07, 6.45) is 0. The Labute approximate surface area is 117 Å². The van der Waals surface area contributed by atoms with Gasteiger partial charge in [0, 0.05) is 15.3 Å². The number of nitrogens with one attached hydrogen (secondary N) is 2. The normalized spacial score (nSPS) is 10.2. The van der Waals surface area contributed by atoms with E-state index in [0.29, 0.717) is 11.8 Å². The number of halogens is 2. The van der Waals surface area contributed by atoms with E-state index in [4.69, 9.17) is 5.84 Å². The minimum absolute atomic E-state index is 0.270. The molecule has 0 saturated heterocycles. The van der Waals surface area contributed by atoms with Crippen molar-refractivity contribution < 1.29 is 4.39 Å². The second kappa shape index (κ2) is 5.44. The highest BCUT2D eigenvalue weighted by atomic mass is 127. The average molecular weight is 359 g/mol. The second-order valence-electron chi connectivity index (χ2n) is 3.61. The van der Waals surface area contributed by atoms with Gasteiger partial charge in [0.05, 0.1) is 5.69 Å². The first-order valence-electron chi connectivity index (χ1n) is 5.13. The van der Waals surface area contributed by atoms with Crippen molar-refractivity contribution in [3.63, 3.8) is 0 Å². The Morgan fingerprint density at radius 1 is 1.28 bits per heavy atom. The molecule has 2 aromatic rings. The quantitative estimate of drug-likeness (QED) is 0.446. The number of nitrogen functional groups attached to an aromatic ring is 1. The molecule has 0 saturated carbocycles. The van der Waals surface area contributed by atoms with E-state index < -0.39 is 0 Å². The number of benzene rings is 1. The minimum atomic E-state index is -0.270. The first kappa shape index (κ1) is 13.0. The predicted octanol–water partition coefficient (Wildman–Crippen LogP) is 2.56. The zero-order valence-electron chi connectivity index (χ0n) is 9.54. The van der Waals surface area contributed by atoms with E-state index in [1.54, 1.807) is 12.1 Å². The van der Waals surface area contributed by atoms with Crippen LogP contribution in [0.15, 0.2) is 24.3 Å². The number of aromatic nitrogens is 2. The largest absolute Gasteiger partial charge is 0.339 e. The molecule has 0 aliphatic carbocycles. The number of aryl methyl sites for hydroxylation is 1. The van der Waals surface area contributed by atoms with Crippen LogP contribution in [-0.4, -0.2) is 9.97 Å². The molecule has 1 aromatic heterocycles. The molecule has 1 heterocycles. The van der Waals surface area contributed by atoms with Gasteiger partial charge >= 0.3 is 0 Å². The van der Waals surface area contributed by atoms with E-state index >= 15 is 0 Å². The van der Waals surface area contributed by atoms with Crippen molar-refractivity contribution >= 4 is 40.0 Å². The summed E-state index contributed by atoms with van der Waals surface area (Å²) in [5.74, 6) is 5.93. The third kappa shape index (κ3) is 3.05. The van der Waals surface area contributed by atoms with Crippen molar-refractivity contribution in [3.05, 3.63) is 39.3 Å². The SMILES string of the molecule is Cc1cc(Nc2ccc(F)cc2I)nc(NN)n1. The average Bonchev–Trinajstić information content (AvgIpc) is 2.32. The van der Waals surface area contributed by atoms with Gasteiger partial charge in [0.1, 0.15) is 11.6 Å². The Morgan fingerprint density at radius 2 is 2.06 bits per heavy atom. The van der Waals surface area contributed by atoms with Gasteiger partial charge in [-0.1, -0.05) is 0 Å². The fraction of sp³-hybridized carbons (Fsp3) is 0.0909.